The molecule has 6 rings (SSSR count). The predicted molar refractivity (Wildman–Crippen MR) is 116 cm³/mol. The molecule has 0 bridgehead atoms. The lowest BCUT2D eigenvalue weighted by molar-refractivity contribution is 0.0931. The topological polar surface area (TPSA) is 80.9 Å². The van der Waals surface area contributed by atoms with E-state index in [1.807, 2.05) is 17.7 Å². The molecule has 3 aromatic heterocycles. The SMILES string of the molecule is Cn1cnc2c1CC[C@H]2NC(=O)c1cn(Cc2ccc(N3CC4CC4C3)nc2C(F)F)cn1. The maximum atomic E-state index is 13.8. The number of amides is 1. The van der Waals surface area contributed by atoms with E-state index in [-0.39, 0.29) is 29.9 Å². The van der Waals surface area contributed by atoms with Crippen LogP contribution in [0.25, 0.3) is 0 Å². The normalized spacial score (nSPS) is 23.2. The van der Waals surface area contributed by atoms with Gasteiger partial charge in [-0.2, -0.15) is 0 Å². The highest BCUT2D eigenvalue weighted by Crippen LogP contribution is 2.46. The van der Waals surface area contributed by atoms with Gasteiger partial charge >= 0.3 is 0 Å². The zero-order chi connectivity index (χ0) is 22.7. The average molecular weight is 453 g/mol. The third kappa shape index (κ3) is 3.67. The summed E-state index contributed by atoms with van der Waals surface area (Å²) >= 11 is 0. The summed E-state index contributed by atoms with van der Waals surface area (Å²) in [5, 5.41) is 2.99. The molecule has 1 amide bonds. The molecule has 1 aliphatic heterocycles. The summed E-state index contributed by atoms with van der Waals surface area (Å²) < 4.78 is 31.2. The van der Waals surface area contributed by atoms with Gasteiger partial charge in [0.2, 0.25) is 0 Å². The molecule has 2 fully saturated rings. The molecule has 1 N–H and O–H groups in total. The summed E-state index contributed by atoms with van der Waals surface area (Å²) in [5.74, 6) is 1.72. The number of alkyl halides is 2. The molecular weight excluding hydrogens is 428 g/mol. The van der Waals surface area contributed by atoms with Gasteiger partial charge in [0.1, 0.15) is 17.2 Å². The maximum absolute atomic E-state index is 13.8. The number of hydrogen-bond donors (Lipinski definition) is 1. The summed E-state index contributed by atoms with van der Waals surface area (Å²) in [4.78, 5) is 27.7. The number of nitrogens with one attached hydrogen (secondary N) is 1. The number of aryl methyl sites for hydroxylation is 1. The zero-order valence-electron chi connectivity index (χ0n) is 18.3. The predicted octanol–water partition coefficient (Wildman–Crippen LogP) is 2.87. The van der Waals surface area contributed by atoms with Gasteiger partial charge in [-0.15, -0.1) is 0 Å². The van der Waals surface area contributed by atoms with Crippen molar-refractivity contribution in [3.8, 4) is 0 Å². The number of rotatable bonds is 6. The van der Waals surface area contributed by atoms with Gasteiger partial charge in [-0.25, -0.2) is 23.7 Å². The van der Waals surface area contributed by atoms with Crippen molar-refractivity contribution in [2.45, 2.75) is 38.3 Å². The minimum Gasteiger partial charge on any atom is -0.356 e. The number of piperidine rings is 1. The third-order valence-electron chi connectivity index (χ3n) is 7.12. The summed E-state index contributed by atoms with van der Waals surface area (Å²) in [5.41, 5.74) is 2.50. The lowest BCUT2D eigenvalue weighted by atomic mass is 10.2. The van der Waals surface area contributed by atoms with Crippen LogP contribution in [0.1, 0.15) is 58.4 Å². The molecule has 0 spiro atoms. The minimum absolute atomic E-state index is 0.141. The van der Waals surface area contributed by atoms with E-state index in [2.05, 4.69) is 25.2 Å². The van der Waals surface area contributed by atoms with Gasteiger partial charge in [0.25, 0.3) is 12.3 Å². The first-order chi connectivity index (χ1) is 16.0. The zero-order valence-corrected chi connectivity index (χ0v) is 18.3. The highest BCUT2D eigenvalue weighted by molar-refractivity contribution is 5.92. The monoisotopic (exact) mass is 453 g/mol. The second-order valence-electron chi connectivity index (χ2n) is 9.36. The Morgan fingerprint density at radius 2 is 2.03 bits per heavy atom. The van der Waals surface area contributed by atoms with E-state index in [0.717, 1.165) is 37.3 Å². The number of hydrogen-bond acceptors (Lipinski definition) is 5. The molecule has 172 valence electrons. The lowest BCUT2D eigenvalue weighted by Crippen LogP contribution is -2.27. The van der Waals surface area contributed by atoms with Gasteiger partial charge < -0.3 is 19.4 Å². The van der Waals surface area contributed by atoms with Crippen molar-refractivity contribution in [1.82, 2.24) is 29.4 Å². The van der Waals surface area contributed by atoms with Crippen LogP contribution in [-0.2, 0) is 20.0 Å². The first kappa shape index (κ1) is 20.3. The van der Waals surface area contributed by atoms with E-state index < -0.39 is 6.43 Å². The number of nitrogens with zero attached hydrogens (tertiary/aromatic N) is 6. The standard InChI is InChI=1S/C23H25F2N7O/c1-30-11-27-21-16(3-4-18(21)30)28-23(33)17-10-31(12-26-17)7-13-2-5-19(29-20(13)22(24)25)32-8-14-6-15(14)9-32/h2,5,10-12,14-16,22H,3-4,6-9H2,1H3,(H,28,33)/t14?,15?,16-/m1/s1. The van der Waals surface area contributed by atoms with Crippen LogP contribution >= 0.6 is 0 Å². The van der Waals surface area contributed by atoms with Crippen molar-refractivity contribution in [3.63, 3.8) is 0 Å². The molecule has 3 aromatic rings. The van der Waals surface area contributed by atoms with Crippen LogP contribution in [0.3, 0.4) is 0 Å². The fourth-order valence-electron chi connectivity index (χ4n) is 5.20. The van der Waals surface area contributed by atoms with Crippen LogP contribution in [0, 0.1) is 11.8 Å². The van der Waals surface area contributed by atoms with E-state index in [1.54, 1.807) is 23.2 Å². The van der Waals surface area contributed by atoms with Crippen molar-refractivity contribution in [2.75, 3.05) is 18.0 Å². The number of carbonyl (C=O) groups excluding carboxylic acids is 1. The van der Waals surface area contributed by atoms with Crippen molar-refractivity contribution in [3.05, 3.63) is 59.3 Å². The van der Waals surface area contributed by atoms with Crippen LogP contribution in [0.2, 0.25) is 0 Å². The smallest absolute Gasteiger partial charge is 0.280 e. The Balaban J connectivity index is 1.15. The Bertz CT molecular complexity index is 1210. The number of anilines is 1. The number of halogens is 2. The van der Waals surface area contributed by atoms with Crippen LogP contribution in [0.5, 0.6) is 0 Å². The molecule has 8 nitrogen and oxygen atoms in total. The number of pyridine rings is 1. The lowest BCUT2D eigenvalue weighted by Gasteiger charge is -2.20. The van der Waals surface area contributed by atoms with E-state index >= 15 is 0 Å². The van der Waals surface area contributed by atoms with E-state index in [0.29, 0.717) is 23.2 Å². The Kier molecular flexibility index (Phi) is 4.70. The molecule has 1 saturated heterocycles. The van der Waals surface area contributed by atoms with Crippen molar-refractivity contribution < 1.29 is 13.6 Å². The first-order valence-electron chi connectivity index (χ1n) is 11.3. The van der Waals surface area contributed by atoms with E-state index in [9.17, 15) is 13.6 Å². The second-order valence-corrected chi connectivity index (χ2v) is 9.36. The van der Waals surface area contributed by atoms with Crippen molar-refractivity contribution in [2.24, 2.45) is 18.9 Å². The van der Waals surface area contributed by atoms with Gasteiger partial charge in [0.15, 0.2) is 0 Å². The number of fused-ring (bicyclic) bond motifs is 2. The molecule has 3 atom stereocenters. The van der Waals surface area contributed by atoms with Gasteiger partial charge in [-0.3, -0.25) is 4.79 Å². The highest BCUT2D eigenvalue weighted by atomic mass is 19.3. The average Bonchev–Trinajstić information content (AvgIpc) is 3.27. The fourth-order valence-corrected chi connectivity index (χ4v) is 5.20. The molecule has 2 unspecified atom stereocenters. The van der Waals surface area contributed by atoms with Crippen LogP contribution in [0.4, 0.5) is 14.6 Å². The largest absolute Gasteiger partial charge is 0.356 e. The number of aromatic nitrogens is 5. The summed E-state index contributed by atoms with van der Waals surface area (Å²) in [7, 11) is 1.94. The highest BCUT2D eigenvalue weighted by Gasteiger charge is 2.45. The third-order valence-corrected chi connectivity index (χ3v) is 7.12. The van der Waals surface area contributed by atoms with Gasteiger partial charge in [-0.1, -0.05) is 6.07 Å². The Labute approximate surface area is 189 Å². The maximum Gasteiger partial charge on any atom is 0.280 e. The van der Waals surface area contributed by atoms with Gasteiger partial charge in [0, 0.05) is 32.0 Å². The number of imidazole rings is 2. The van der Waals surface area contributed by atoms with E-state index in [4.69, 9.17) is 0 Å². The molecule has 33 heavy (non-hydrogen) atoms. The van der Waals surface area contributed by atoms with Crippen molar-refractivity contribution >= 4 is 11.7 Å². The Hall–Kier alpha value is -3.30. The fraction of sp³-hybridized carbons (Fsp3) is 0.478. The molecule has 3 aliphatic rings. The van der Waals surface area contributed by atoms with Crippen LogP contribution < -0.4 is 10.2 Å². The Morgan fingerprint density at radius 3 is 2.82 bits per heavy atom. The summed E-state index contributed by atoms with van der Waals surface area (Å²) in [6.07, 6.45) is 5.07. The first-order valence-corrected chi connectivity index (χ1v) is 11.3. The Morgan fingerprint density at radius 1 is 1.21 bits per heavy atom. The molecule has 2 aliphatic carbocycles. The molecule has 10 heteroatoms. The van der Waals surface area contributed by atoms with Crippen LogP contribution in [0.15, 0.2) is 31.0 Å². The van der Waals surface area contributed by atoms with Crippen molar-refractivity contribution in [1.29, 1.82) is 0 Å². The van der Waals surface area contributed by atoms with Gasteiger partial charge in [-0.05, 0) is 42.7 Å². The molecule has 4 heterocycles. The summed E-state index contributed by atoms with van der Waals surface area (Å²) in [6.45, 7) is 1.98. The molecule has 0 radical (unpaired) electrons. The molecule has 0 aromatic carbocycles. The summed E-state index contributed by atoms with van der Waals surface area (Å²) in [6, 6.07) is 3.40. The quantitative estimate of drug-likeness (QED) is 0.621. The second kappa shape index (κ2) is 7.64. The van der Waals surface area contributed by atoms with Gasteiger partial charge in [0.05, 0.1) is 30.9 Å². The molecular formula is C23H25F2N7O. The number of carbonyl (C=O) groups is 1. The van der Waals surface area contributed by atoms with Crippen LogP contribution in [-0.4, -0.2) is 43.1 Å². The van der Waals surface area contributed by atoms with E-state index in [1.165, 1.54) is 12.7 Å². The molecule has 1 saturated carbocycles. The minimum atomic E-state index is -2.67.